The van der Waals surface area contributed by atoms with Crippen LogP contribution in [0.3, 0.4) is 0 Å². The smallest absolute Gasteiger partial charge is 0.313 e. The van der Waals surface area contributed by atoms with Crippen LogP contribution in [0, 0.1) is 11.3 Å². The average Bonchev–Trinajstić information content (AvgIpc) is 2.17. The molecule has 0 fully saturated rings. The Kier molecular flexibility index (Phi) is 4.99. The molecule has 3 heteroatoms. The van der Waals surface area contributed by atoms with Crippen molar-refractivity contribution in [2.24, 2.45) is 17.1 Å². The molecule has 13 heavy (non-hydrogen) atoms. The van der Waals surface area contributed by atoms with Crippen molar-refractivity contribution in [2.45, 2.75) is 33.6 Å². The van der Waals surface area contributed by atoms with Gasteiger partial charge in [-0.25, -0.2) is 0 Å². The summed E-state index contributed by atoms with van der Waals surface area (Å²) in [5, 5.41) is 0. The van der Waals surface area contributed by atoms with E-state index >= 15 is 0 Å². The molecule has 0 aromatic heterocycles. The van der Waals surface area contributed by atoms with Gasteiger partial charge in [0.2, 0.25) is 0 Å². The maximum atomic E-state index is 11.5. The highest BCUT2D eigenvalue weighted by molar-refractivity contribution is 5.76. The number of carbonyl (C=O) groups excluding carboxylic acids is 1. The molecule has 0 saturated heterocycles. The number of ether oxygens (including phenoxy) is 1. The van der Waals surface area contributed by atoms with Gasteiger partial charge in [0.05, 0.1) is 12.5 Å². The Morgan fingerprint density at radius 3 is 2.15 bits per heavy atom. The number of nitrogens with two attached hydrogens (primary N) is 1. The van der Waals surface area contributed by atoms with E-state index < -0.39 is 5.41 Å². The molecule has 0 bridgehead atoms. The van der Waals surface area contributed by atoms with Crippen LogP contribution in [0.2, 0.25) is 0 Å². The first kappa shape index (κ1) is 12.4. The maximum absolute atomic E-state index is 11.5. The molecule has 0 aromatic rings. The predicted molar refractivity (Wildman–Crippen MR) is 53.2 cm³/mol. The highest BCUT2D eigenvalue weighted by Gasteiger charge is 2.39. The fourth-order valence-electron chi connectivity index (χ4n) is 1.84. The van der Waals surface area contributed by atoms with Gasteiger partial charge in [-0.05, 0) is 12.8 Å². The SMILES string of the molecule is CCC(CC)C(C)(CN)C(=O)OC. The van der Waals surface area contributed by atoms with Crippen LogP contribution in [0.4, 0.5) is 0 Å². The van der Waals surface area contributed by atoms with E-state index in [1.54, 1.807) is 0 Å². The molecular weight excluding hydrogens is 166 g/mol. The van der Waals surface area contributed by atoms with Gasteiger partial charge in [0, 0.05) is 6.54 Å². The lowest BCUT2D eigenvalue weighted by molar-refractivity contribution is -0.154. The quantitative estimate of drug-likeness (QED) is 0.664. The van der Waals surface area contributed by atoms with Crippen molar-refractivity contribution in [3.63, 3.8) is 0 Å². The Hall–Kier alpha value is -0.570. The molecule has 0 aliphatic rings. The van der Waals surface area contributed by atoms with Crippen molar-refractivity contribution in [3.05, 3.63) is 0 Å². The Labute approximate surface area is 80.6 Å². The standard InChI is InChI=1S/C10H21NO2/c1-5-8(6-2)10(3,7-11)9(12)13-4/h8H,5-7,11H2,1-4H3. The monoisotopic (exact) mass is 187 g/mol. The second-order valence-corrected chi connectivity index (χ2v) is 3.63. The van der Waals surface area contributed by atoms with Gasteiger partial charge in [0.25, 0.3) is 0 Å². The van der Waals surface area contributed by atoms with Crippen LogP contribution < -0.4 is 5.73 Å². The zero-order valence-electron chi connectivity index (χ0n) is 9.09. The molecule has 0 aliphatic heterocycles. The van der Waals surface area contributed by atoms with E-state index in [4.69, 9.17) is 10.5 Å². The Morgan fingerprint density at radius 2 is 1.92 bits per heavy atom. The normalized spacial score (nSPS) is 15.5. The number of rotatable bonds is 5. The average molecular weight is 187 g/mol. The summed E-state index contributed by atoms with van der Waals surface area (Å²) < 4.78 is 4.77. The Morgan fingerprint density at radius 1 is 1.46 bits per heavy atom. The van der Waals surface area contributed by atoms with Crippen LogP contribution in [0.15, 0.2) is 0 Å². The summed E-state index contributed by atoms with van der Waals surface area (Å²) in [6.45, 7) is 6.39. The van der Waals surface area contributed by atoms with Crippen molar-refractivity contribution in [1.29, 1.82) is 0 Å². The molecule has 0 aliphatic carbocycles. The molecule has 0 spiro atoms. The van der Waals surface area contributed by atoms with Gasteiger partial charge in [-0.3, -0.25) is 4.79 Å². The first-order valence-corrected chi connectivity index (χ1v) is 4.85. The van der Waals surface area contributed by atoms with Crippen molar-refractivity contribution in [3.8, 4) is 0 Å². The van der Waals surface area contributed by atoms with E-state index in [0.29, 0.717) is 12.5 Å². The lowest BCUT2D eigenvalue weighted by atomic mass is 9.74. The molecule has 0 radical (unpaired) electrons. The molecular formula is C10H21NO2. The predicted octanol–water partition coefficient (Wildman–Crippen LogP) is 1.56. The summed E-state index contributed by atoms with van der Waals surface area (Å²) in [5.41, 5.74) is 5.12. The van der Waals surface area contributed by atoms with Gasteiger partial charge in [0.1, 0.15) is 0 Å². The topological polar surface area (TPSA) is 52.3 Å². The van der Waals surface area contributed by atoms with Gasteiger partial charge in [0.15, 0.2) is 0 Å². The maximum Gasteiger partial charge on any atom is 0.313 e. The summed E-state index contributed by atoms with van der Waals surface area (Å²) >= 11 is 0. The van der Waals surface area contributed by atoms with Gasteiger partial charge < -0.3 is 10.5 Å². The van der Waals surface area contributed by atoms with Crippen molar-refractivity contribution in [1.82, 2.24) is 0 Å². The molecule has 0 aromatic carbocycles. The number of carbonyl (C=O) groups is 1. The number of methoxy groups -OCH3 is 1. The highest BCUT2D eigenvalue weighted by Crippen LogP contribution is 2.32. The molecule has 0 saturated carbocycles. The highest BCUT2D eigenvalue weighted by atomic mass is 16.5. The van der Waals surface area contributed by atoms with Gasteiger partial charge in [-0.2, -0.15) is 0 Å². The van der Waals surface area contributed by atoms with E-state index in [1.807, 2.05) is 6.92 Å². The fraction of sp³-hybridized carbons (Fsp3) is 0.900. The number of esters is 1. The zero-order chi connectivity index (χ0) is 10.5. The summed E-state index contributed by atoms with van der Waals surface area (Å²) in [7, 11) is 1.42. The van der Waals surface area contributed by atoms with Gasteiger partial charge in [-0.1, -0.05) is 26.7 Å². The largest absolute Gasteiger partial charge is 0.469 e. The number of hydrogen-bond donors (Lipinski definition) is 1. The summed E-state index contributed by atoms with van der Waals surface area (Å²) in [6.07, 6.45) is 1.92. The molecule has 0 heterocycles. The molecule has 0 rings (SSSR count). The lowest BCUT2D eigenvalue weighted by Crippen LogP contribution is -2.42. The molecule has 1 unspecified atom stereocenters. The summed E-state index contributed by atoms with van der Waals surface area (Å²) in [6, 6.07) is 0. The van der Waals surface area contributed by atoms with E-state index in [-0.39, 0.29) is 5.97 Å². The van der Waals surface area contributed by atoms with E-state index in [9.17, 15) is 4.79 Å². The zero-order valence-corrected chi connectivity index (χ0v) is 9.09. The van der Waals surface area contributed by atoms with Crippen LogP contribution in [0.5, 0.6) is 0 Å². The van der Waals surface area contributed by atoms with E-state index in [1.165, 1.54) is 7.11 Å². The minimum Gasteiger partial charge on any atom is -0.469 e. The van der Waals surface area contributed by atoms with Crippen LogP contribution in [-0.2, 0) is 9.53 Å². The first-order valence-electron chi connectivity index (χ1n) is 4.85. The molecule has 78 valence electrons. The minimum atomic E-state index is -0.516. The van der Waals surface area contributed by atoms with Crippen LogP contribution >= 0.6 is 0 Å². The molecule has 1 atom stereocenters. The Balaban J connectivity index is 4.68. The first-order chi connectivity index (χ1) is 6.06. The fourth-order valence-corrected chi connectivity index (χ4v) is 1.84. The van der Waals surface area contributed by atoms with Crippen molar-refractivity contribution < 1.29 is 9.53 Å². The lowest BCUT2D eigenvalue weighted by Gasteiger charge is -2.32. The number of hydrogen-bond acceptors (Lipinski definition) is 3. The van der Waals surface area contributed by atoms with E-state index in [0.717, 1.165) is 12.8 Å². The molecule has 3 nitrogen and oxygen atoms in total. The van der Waals surface area contributed by atoms with E-state index in [2.05, 4.69) is 13.8 Å². The second kappa shape index (κ2) is 5.22. The summed E-state index contributed by atoms with van der Waals surface area (Å²) in [5.74, 6) is 0.119. The van der Waals surface area contributed by atoms with Crippen molar-refractivity contribution >= 4 is 5.97 Å². The minimum absolute atomic E-state index is 0.191. The third-order valence-electron chi connectivity index (χ3n) is 2.96. The van der Waals surface area contributed by atoms with Crippen molar-refractivity contribution in [2.75, 3.05) is 13.7 Å². The van der Waals surface area contributed by atoms with Crippen LogP contribution in [0.25, 0.3) is 0 Å². The third kappa shape index (κ3) is 2.44. The summed E-state index contributed by atoms with van der Waals surface area (Å²) in [4.78, 5) is 11.5. The molecule has 2 N–H and O–H groups in total. The van der Waals surface area contributed by atoms with Gasteiger partial charge in [-0.15, -0.1) is 0 Å². The van der Waals surface area contributed by atoms with Gasteiger partial charge >= 0.3 is 5.97 Å². The second-order valence-electron chi connectivity index (χ2n) is 3.63. The molecule has 0 amide bonds. The third-order valence-corrected chi connectivity index (χ3v) is 2.96. The van der Waals surface area contributed by atoms with Crippen LogP contribution in [0.1, 0.15) is 33.6 Å². The Bertz CT molecular complexity index is 166. The van der Waals surface area contributed by atoms with Crippen LogP contribution in [-0.4, -0.2) is 19.6 Å².